The van der Waals surface area contributed by atoms with Crippen molar-refractivity contribution in [2.75, 3.05) is 46.0 Å². The van der Waals surface area contributed by atoms with Crippen molar-refractivity contribution in [2.24, 2.45) is 5.92 Å². The lowest BCUT2D eigenvalue weighted by Gasteiger charge is -2.33. The predicted octanol–water partition coefficient (Wildman–Crippen LogP) is 5.77. The highest BCUT2D eigenvalue weighted by Crippen LogP contribution is 2.58. The monoisotopic (exact) mass is 583 g/mol. The number of nitrogens with one attached hydrogen (secondary N) is 1. The summed E-state index contributed by atoms with van der Waals surface area (Å²) in [7, 11) is -3.66. The van der Waals surface area contributed by atoms with Crippen molar-refractivity contribution in [1.29, 1.82) is 0 Å². The largest absolute Gasteiger partial charge is 0.493 e. The predicted molar refractivity (Wildman–Crippen MR) is 163 cm³/mol. The Balaban J connectivity index is 1.39. The number of ether oxygens (including phenoxy) is 2. The molecular weight excluding hydrogens is 534 g/mol. The minimum absolute atomic E-state index is 0.0840. The first-order valence-electron chi connectivity index (χ1n) is 15.9. The van der Waals surface area contributed by atoms with Crippen molar-refractivity contribution in [2.45, 2.75) is 101 Å². The molecule has 3 fully saturated rings. The van der Waals surface area contributed by atoms with Gasteiger partial charge in [0.1, 0.15) is 10.6 Å². The standard InChI is InChI=1S/C33H49N3O4S/c1-24-30(41(37,38)34-13-14-35-15-18-39-19-16-35)22-29(36(24)23-25-8-6-5-7-9-25)26-20-27(32(2,3)4)31-28(21-26)33(10-11-33)12-17-40-31/h20-22,25,34H,5-19,23H2,1-4H3. The Bertz CT molecular complexity index is 1340. The molecule has 1 aromatic carbocycles. The second-order valence-electron chi connectivity index (χ2n) is 14.0. The molecule has 2 aliphatic carbocycles. The van der Waals surface area contributed by atoms with Crippen molar-refractivity contribution < 1.29 is 17.9 Å². The van der Waals surface area contributed by atoms with Gasteiger partial charge in [0.25, 0.3) is 0 Å². The maximum absolute atomic E-state index is 13.8. The number of nitrogens with zero attached hydrogens (tertiary/aromatic N) is 2. The lowest BCUT2D eigenvalue weighted by atomic mass is 9.79. The summed E-state index contributed by atoms with van der Waals surface area (Å²) in [5.41, 5.74) is 5.70. The fraction of sp³-hybridized carbons (Fsp3) is 0.697. The molecule has 3 heterocycles. The summed E-state index contributed by atoms with van der Waals surface area (Å²) in [5.74, 6) is 1.65. The summed E-state index contributed by atoms with van der Waals surface area (Å²) in [4.78, 5) is 2.67. The van der Waals surface area contributed by atoms with Gasteiger partial charge in [0, 0.05) is 60.7 Å². The maximum Gasteiger partial charge on any atom is 0.242 e. The topological polar surface area (TPSA) is 72.8 Å². The molecule has 0 radical (unpaired) electrons. The van der Waals surface area contributed by atoms with Crippen LogP contribution in [0.2, 0.25) is 0 Å². The fourth-order valence-corrected chi connectivity index (χ4v) is 8.55. The zero-order chi connectivity index (χ0) is 28.8. The molecular formula is C33H49N3O4S. The SMILES string of the molecule is Cc1c(S(=O)(=O)NCCN2CCOCC2)cc(-c2cc(C(C)(C)C)c3c(c2)C2(CCO3)CC2)n1CC1CCCCC1. The molecule has 2 saturated carbocycles. The molecule has 0 bridgehead atoms. The molecule has 2 aromatic rings. The molecule has 0 amide bonds. The Morgan fingerprint density at radius 3 is 2.41 bits per heavy atom. The Morgan fingerprint density at radius 1 is 1.00 bits per heavy atom. The van der Waals surface area contributed by atoms with E-state index in [0.29, 0.717) is 37.1 Å². The van der Waals surface area contributed by atoms with Crippen LogP contribution in [-0.2, 0) is 32.1 Å². The van der Waals surface area contributed by atoms with Gasteiger partial charge in [0.05, 0.1) is 19.8 Å². The van der Waals surface area contributed by atoms with Gasteiger partial charge < -0.3 is 14.0 Å². The van der Waals surface area contributed by atoms with Gasteiger partial charge >= 0.3 is 0 Å². The van der Waals surface area contributed by atoms with Crippen LogP contribution in [0.4, 0.5) is 0 Å². The minimum atomic E-state index is -3.66. The normalized spacial score (nSPS) is 21.6. The molecule has 2 aliphatic heterocycles. The highest BCUT2D eigenvalue weighted by molar-refractivity contribution is 7.89. The average molecular weight is 584 g/mol. The zero-order valence-corrected chi connectivity index (χ0v) is 26.4. The number of fused-ring (bicyclic) bond motifs is 2. The van der Waals surface area contributed by atoms with Crippen LogP contribution in [0.3, 0.4) is 0 Å². The van der Waals surface area contributed by atoms with Gasteiger partial charge in [-0.25, -0.2) is 13.1 Å². The summed E-state index contributed by atoms with van der Waals surface area (Å²) in [6.45, 7) is 14.6. The van der Waals surface area contributed by atoms with Crippen molar-refractivity contribution in [1.82, 2.24) is 14.2 Å². The zero-order valence-electron chi connectivity index (χ0n) is 25.6. The molecule has 1 N–H and O–H groups in total. The summed E-state index contributed by atoms with van der Waals surface area (Å²) in [5, 5.41) is 0. The lowest BCUT2D eigenvalue weighted by molar-refractivity contribution is 0.0390. The van der Waals surface area contributed by atoms with Gasteiger partial charge in [0.15, 0.2) is 0 Å². The summed E-state index contributed by atoms with van der Waals surface area (Å²) >= 11 is 0. The first-order chi connectivity index (χ1) is 19.6. The van der Waals surface area contributed by atoms with E-state index in [-0.39, 0.29) is 10.8 Å². The van der Waals surface area contributed by atoms with Gasteiger partial charge in [-0.3, -0.25) is 4.90 Å². The molecule has 226 valence electrons. The third kappa shape index (κ3) is 5.99. The van der Waals surface area contributed by atoms with Crippen molar-refractivity contribution >= 4 is 10.0 Å². The van der Waals surface area contributed by atoms with Crippen LogP contribution in [0.5, 0.6) is 5.75 Å². The van der Waals surface area contributed by atoms with Crippen LogP contribution < -0.4 is 9.46 Å². The molecule has 1 saturated heterocycles. The van der Waals surface area contributed by atoms with Crippen LogP contribution in [0.15, 0.2) is 23.1 Å². The minimum Gasteiger partial charge on any atom is -0.493 e. The van der Waals surface area contributed by atoms with Crippen molar-refractivity contribution in [3.05, 3.63) is 35.0 Å². The van der Waals surface area contributed by atoms with Crippen LogP contribution in [0.25, 0.3) is 11.3 Å². The second-order valence-corrected chi connectivity index (χ2v) is 15.7. The van der Waals surface area contributed by atoms with E-state index in [0.717, 1.165) is 55.4 Å². The van der Waals surface area contributed by atoms with Crippen molar-refractivity contribution in [3.8, 4) is 17.0 Å². The van der Waals surface area contributed by atoms with E-state index >= 15 is 0 Å². The fourth-order valence-electron chi connectivity index (χ4n) is 7.27. The van der Waals surface area contributed by atoms with Crippen LogP contribution in [-0.4, -0.2) is 63.9 Å². The quantitative estimate of drug-likeness (QED) is 0.428. The molecule has 1 spiro atoms. The number of hydrogen-bond donors (Lipinski definition) is 1. The summed E-state index contributed by atoms with van der Waals surface area (Å²) < 4.78 is 44.6. The molecule has 41 heavy (non-hydrogen) atoms. The Morgan fingerprint density at radius 2 is 1.73 bits per heavy atom. The van der Waals surface area contributed by atoms with E-state index in [9.17, 15) is 8.42 Å². The summed E-state index contributed by atoms with van der Waals surface area (Å²) in [6.07, 6.45) is 9.76. The molecule has 1 aromatic heterocycles. The number of aromatic nitrogens is 1. The van der Waals surface area contributed by atoms with Crippen molar-refractivity contribution in [3.63, 3.8) is 0 Å². The van der Waals surface area contributed by atoms with Gasteiger partial charge in [-0.2, -0.15) is 0 Å². The summed E-state index contributed by atoms with van der Waals surface area (Å²) in [6, 6.07) is 6.58. The molecule has 6 rings (SSSR count). The highest BCUT2D eigenvalue weighted by atomic mass is 32.2. The van der Waals surface area contributed by atoms with Crippen LogP contribution >= 0.6 is 0 Å². The van der Waals surface area contributed by atoms with Crippen LogP contribution in [0, 0.1) is 12.8 Å². The molecule has 0 unspecified atom stereocenters. The molecule has 4 aliphatic rings. The smallest absolute Gasteiger partial charge is 0.242 e. The molecule has 0 atom stereocenters. The van der Waals surface area contributed by atoms with E-state index in [1.54, 1.807) is 0 Å². The van der Waals surface area contributed by atoms with Gasteiger partial charge in [-0.15, -0.1) is 0 Å². The number of morpholine rings is 1. The van der Waals surface area contributed by atoms with Crippen LogP contribution in [0.1, 0.15) is 89.0 Å². The number of rotatable bonds is 8. The Hall–Kier alpha value is -1.87. The molecule has 7 nitrogen and oxygen atoms in total. The van der Waals surface area contributed by atoms with Gasteiger partial charge in [0.2, 0.25) is 10.0 Å². The number of hydrogen-bond acceptors (Lipinski definition) is 5. The third-order valence-corrected chi connectivity index (χ3v) is 11.6. The highest BCUT2D eigenvalue weighted by Gasteiger charge is 2.49. The number of benzene rings is 1. The Kier molecular flexibility index (Phi) is 8.07. The van der Waals surface area contributed by atoms with E-state index in [1.165, 1.54) is 56.1 Å². The first kappa shape index (κ1) is 29.2. The maximum atomic E-state index is 13.8. The number of sulfonamides is 1. The van der Waals surface area contributed by atoms with E-state index < -0.39 is 10.0 Å². The van der Waals surface area contributed by atoms with E-state index in [1.807, 2.05) is 13.0 Å². The molecule has 8 heteroatoms. The first-order valence-corrected chi connectivity index (χ1v) is 17.4. The lowest BCUT2D eigenvalue weighted by Crippen LogP contribution is -2.41. The van der Waals surface area contributed by atoms with E-state index in [2.05, 4.69) is 47.1 Å². The van der Waals surface area contributed by atoms with Gasteiger partial charge in [-0.1, -0.05) is 40.0 Å². The average Bonchev–Trinajstić information content (AvgIpc) is 3.64. The van der Waals surface area contributed by atoms with Gasteiger partial charge in [-0.05, 0) is 74.1 Å². The Labute approximate surface area is 247 Å². The third-order valence-electron chi connectivity index (χ3n) is 10.0. The second kappa shape index (κ2) is 11.3. The van der Waals surface area contributed by atoms with E-state index in [4.69, 9.17) is 9.47 Å².